The summed E-state index contributed by atoms with van der Waals surface area (Å²) in [5.74, 6) is -0.271. The molecule has 0 spiro atoms. The van der Waals surface area contributed by atoms with E-state index < -0.39 is 0 Å². The molecular weight excluding hydrogens is 322 g/mol. The molecule has 0 amide bonds. The van der Waals surface area contributed by atoms with Crippen LogP contribution in [0.4, 0.5) is 0 Å². The van der Waals surface area contributed by atoms with Crippen LogP contribution in [0.1, 0.15) is 6.92 Å². The monoisotopic (exact) mass is 337 g/mol. The minimum Gasteiger partial charge on any atom is -0.468 e. The fraction of sp³-hybridized carbons (Fsp3) is 0.167. The van der Waals surface area contributed by atoms with Gasteiger partial charge >= 0.3 is 5.97 Å². The van der Waals surface area contributed by atoms with Gasteiger partial charge < -0.3 is 4.74 Å². The molecule has 6 heteroatoms. The number of aromatic nitrogens is 3. The van der Waals surface area contributed by atoms with E-state index in [-0.39, 0.29) is 11.2 Å². The van der Waals surface area contributed by atoms with Gasteiger partial charge in [0, 0.05) is 5.39 Å². The maximum atomic E-state index is 11.8. The topological polar surface area (TPSA) is 56.5 Å². The van der Waals surface area contributed by atoms with Gasteiger partial charge in [-0.3, -0.25) is 9.20 Å². The number of carbonyl (C=O) groups excluding carboxylic acids is 1. The first kappa shape index (κ1) is 15.0. The van der Waals surface area contributed by atoms with Gasteiger partial charge in [-0.25, -0.2) is 9.97 Å². The highest BCUT2D eigenvalue weighted by Crippen LogP contribution is 2.30. The van der Waals surface area contributed by atoms with Gasteiger partial charge in [0.1, 0.15) is 10.9 Å². The van der Waals surface area contributed by atoms with E-state index in [1.165, 1.54) is 18.9 Å². The number of methoxy groups -OCH3 is 1. The average Bonchev–Trinajstić information content (AvgIpc) is 3.01. The normalized spacial score (nSPS) is 12.8. The highest BCUT2D eigenvalue weighted by atomic mass is 32.2. The molecule has 0 saturated heterocycles. The van der Waals surface area contributed by atoms with Gasteiger partial charge in [-0.2, -0.15) is 0 Å². The second-order valence-corrected chi connectivity index (χ2v) is 6.76. The number of hydrogen-bond donors (Lipinski definition) is 0. The lowest BCUT2D eigenvalue weighted by Gasteiger charge is -2.11. The van der Waals surface area contributed by atoms with Crippen LogP contribution in [0, 0.1) is 0 Å². The molecule has 0 aliphatic heterocycles. The molecule has 24 heavy (non-hydrogen) atoms. The number of rotatable bonds is 3. The van der Waals surface area contributed by atoms with Gasteiger partial charge in [0.05, 0.1) is 23.7 Å². The Balaban J connectivity index is 2.04. The zero-order valence-corrected chi connectivity index (χ0v) is 14.1. The summed E-state index contributed by atoms with van der Waals surface area (Å²) in [5.41, 5.74) is 3.59. The van der Waals surface area contributed by atoms with Crippen LogP contribution in [0.5, 0.6) is 0 Å². The van der Waals surface area contributed by atoms with Gasteiger partial charge in [0.25, 0.3) is 0 Å². The van der Waals surface area contributed by atoms with Crippen LogP contribution in [0.3, 0.4) is 0 Å². The van der Waals surface area contributed by atoms with Gasteiger partial charge in [-0.15, -0.1) is 0 Å². The van der Waals surface area contributed by atoms with Crippen LogP contribution in [0.2, 0.25) is 0 Å². The summed E-state index contributed by atoms with van der Waals surface area (Å²) < 4.78 is 6.86. The molecule has 0 N–H and O–H groups in total. The Labute approximate surface area is 142 Å². The smallest absolute Gasteiger partial charge is 0.318 e. The molecule has 2 heterocycles. The number of nitrogens with zero attached hydrogens (tertiary/aromatic N) is 3. The molecule has 0 aliphatic rings. The van der Waals surface area contributed by atoms with Gasteiger partial charge in [-0.05, 0) is 31.2 Å². The van der Waals surface area contributed by atoms with E-state index in [2.05, 4.69) is 0 Å². The first-order valence-corrected chi connectivity index (χ1v) is 8.47. The minimum absolute atomic E-state index is 0.271. The van der Waals surface area contributed by atoms with Crippen molar-refractivity contribution >= 4 is 45.3 Å². The van der Waals surface area contributed by atoms with Gasteiger partial charge in [0.15, 0.2) is 5.16 Å². The Bertz CT molecular complexity index is 1070. The van der Waals surface area contributed by atoms with Crippen molar-refractivity contribution < 1.29 is 9.53 Å². The number of fused-ring (bicyclic) bond motifs is 5. The standard InChI is InChI=1S/C18H15N3O2S/c1-11(17(22)23-2)24-18-20-13-8-4-3-7-12(13)16-19-14-9-5-6-10-15(14)21(16)18/h3-11H,1-2H3. The third-order valence-corrected chi connectivity index (χ3v) is 4.96. The number of ether oxygens (including phenoxy) is 1. The SMILES string of the molecule is COC(=O)C(C)Sc1nc2ccccc2c2nc3ccccc3n12. The Hall–Kier alpha value is -2.60. The summed E-state index contributed by atoms with van der Waals surface area (Å²) in [6.07, 6.45) is 0. The quantitative estimate of drug-likeness (QED) is 0.324. The highest BCUT2D eigenvalue weighted by Gasteiger charge is 2.20. The first-order valence-electron chi connectivity index (χ1n) is 7.59. The predicted molar refractivity (Wildman–Crippen MR) is 95.3 cm³/mol. The van der Waals surface area contributed by atoms with Crippen molar-refractivity contribution in [1.82, 2.24) is 14.4 Å². The zero-order valence-electron chi connectivity index (χ0n) is 13.3. The molecule has 0 fully saturated rings. The van der Waals surface area contributed by atoms with Crippen molar-refractivity contribution in [3.8, 4) is 0 Å². The Morgan fingerprint density at radius 1 is 1.08 bits per heavy atom. The van der Waals surface area contributed by atoms with Crippen LogP contribution in [-0.4, -0.2) is 32.7 Å². The van der Waals surface area contributed by atoms with Crippen LogP contribution in [0.25, 0.3) is 27.6 Å². The molecule has 0 radical (unpaired) electrons. The second-order valence-electron chi connectivity index (χ2n) is 5.45. The van der Waals surface area contributed by atoms with E-state index in [9.17, 15) is 4.79 Å². The van der Waals surface area contributed by atoms with Crippen molar-refractivity contribution in [3.63, 3.8) is 0 Å². The minimum atomic E-state index is -0.354. The summed E-state index contributed by atoms with van der Waals surface area (Å²) in [4.78, 5) is 21.4. The Morgan fingerprint density at radius 3 is 2.58 bits per heavy atom. The molecule has 4 rings (SSSR count). The van der Waals surface area contributed by atoms with E-state index in [1.54, 1.807) is 0 Å². The number of imidazole rings is 1. The molecule has 2 aromatic heterocycles. The molecule has 4 aromatic rings. The molecule has 0 bridgehead atoms. The number of benzene rings is 2. The molecule has 1 unspecified atom stereocenters. The van der Waals surface area contributed by atoms with E-state index in [1.807, 2.05) is 59.9 Å². The Kier molecular flexibility index (Phi) is 3.61. The number of carbonyl (C=O) groups is 1. The lowest BCUT2D eigenvalue weighted by Crippen LogP contribution is -2.15. The predicted octanol–water partition coefficient (Wildman–Crippen LogP) is 3.69. The van der Waals surface area contributed by atoms with Crippen molar-refractivity contribution in [3.05, 3.63) is 48.5 Å². The molecule has 120 valence electrons. The summed E-state index contributed by atoms with van der Waals surface area (Å²) >= 11 is 1.38. The molecule has 0 aliphatic carbocycles. The van der Waals surface area contributed by atoms with Crippen LogP contribution in [-0.2, 0) is 9.53 Å². The first-order chi connectivity index (χ1) is 11.7. The number of thioether (sulfide) groups is 1. The van der Waals surface area contributed by atoms with Crippen LogP contribution in [0.15, 0.2) is 53.7 Å². The lowest BCUT2D eigenvalue weighted by atomic mass is 10.2. The summed E-state index contributed by atoms with van der Waals surface area (Å²) in [6.45, 7) is 1.82. The molecule has 0 saturated carbocycles. The van der Waals surface area contributed by atoms with Crippen LogP contribution < -0.4 is 0 Å². The summed E-state index contributed by atoms with van der Waals surface area (Å²) in [5, 5.41) is 1.37. The van der Waals surface area contributed by atoms with Crippen LogP contribution >= 0.6 is 11.8 Å². The largest absolute Gasteiger partial charge is 0.468 e. The van der Waals surface area contributed by atoms with E-state index >= 15 is 0 Å². The van der Waals surface area contributed by atoms with Crippen molar-refractivity contribution in [2.45, 2.75) is 17.3 Å². The Morgan fingerprint density at radius 2 is 1.79 bits per heavy atom. The summed E-state index contributed by atoms with van der Waals surface area (Å²) in [6, 6.07) is 15.8. The maximum Gasteiger partial charge on any atom is 0.318 e. The van der Waals surface area contributed by atoms with Crippen molar-refractivity contribution in [2.75, 3.05) is 7.11 Å². The average molecular weight is 337 g/mol. The van der Waals surface area contributed by atoms with E-state index in [0.717, 1.165) is 32.7 Å². The second kappa shape index (κ2) is 5.79. The number of hydrogen-bond acceptors (Lipinski definition) is 5. The fourth-order valence-electron chi connectivity index (χ4n) is 2.76. The highest BCUT2D eigenvalue weighted by molar-refractivity contribution is 8.00. The van der Waals surface area contributed by atoms with Gasteiger partial charge in [0.2, 0.25) is 0 Å². The summed E-state index contributed by atoms with van der Waals surface area (Å²) in [7, 11) is 1.40. The van der Waals surface area contributed by atoms with Crippen molar-refractivity contribution in [2.24, 2.45) is 0 Å². The third-order valence-electron chi connectivity index (χ3n) is 3.93. The molecular formula is C18H15N3O2S. The number of esters is 1. The molecule has 2 aromatic carbocycles. The third kappa shape index (κ3) is 2.30. The van der Waals surface area contributed by atoms with Crippen molar-refractivity contribution in [1.29, 1.82) is 0 Å². The van der Waals surface area contributed by atoms with E-state index in [4.69, 9.17) is 14.7 Å². The maximum absolute atomic E-state index is 11.8. The van der Waals surface area contributed by atoms with Gasteiger partial charge in [-0.1, -0.05) is 36.0 Å². The number of para-hydroxylation sites is 3. The van der Waals surface area contributed by atoms with E-state index in [0.29, 0.717) is 0 Å². The molecule has 5 nitrogen and oxygen atoms in total. The zero-order chi connectivity index (χ0) is 16.7. The molecule has 1 atom stereocenters. The lowest BCUT2D eigenvalue weighted by molar-refractivity contribution is -0.139. The fourth-order valence-corrected chi connectivity index (χ4v) is 3.71.